The number of ether oxygens (including phenoxy) is 1. The topological polar surface area (TPSA) is 105 Å². The normalized spacial score (nSPS) is 17.2. The number of carbonyl (C=O) groups is 2. The summed E-state index contributed by atoms with van der Waals surface area (Å²) in [5, 5.41) is 3.92. The third-order valence-corrected chi connectivity index (χ3v) is 6.78. The molecule has 1 aliphatic rings. The van der Waals surface area contributed by atoms with Crippen LogP contribution in [0.4, 0.5) is 0 Å². The number of hydrogen-bond donors (Lipinski definition) is 1. The summed E-state index contributed by atoms with van der Waals surface area (Å²) in [5.74, 6) is -0.923. The van der Waals surface area contributed by atoms with Crippen molar-refractivity contribution in [1.82, 2.24) is 9.73 Å². The van der Waals surface area contributed by atoms with E-state index >= 15 is 0 Å². The fourth-order valence-electron chi connectivity index (χ4n) is 3.20. The minimum absolute atomic E-state index is 0.169. The molecule has 8 nitrogen and oxygen atoms in total. The van der Waals surface area contributed by atoms with Gasteiger partial charge < -0.3 is 4.74 Å². The zero-order valence-electron chi connectivity index (χ0n) is 16.7. The summed E-state index contributed by atoms with van der Waals surface area (Å²) in [7, 11) is -2.46. The summed E-state index contributed by atoms with van der Waals surface area (Å²) in [5.41, 5.74) is 4.44. The van der Waals surface area contributed by atoms with Crippen LogP contribution in [0.25, 0.3) is 0 Å². The molecule has 0 bridgehead atoms. The zero-order valence-corrected chi connectivity index (χ0v) is 17.6. The first-order valence-electron chi connectivity index (χ1n) is 9.43. The molecular weight excluding hydrogens is 406 g/mol. The van der Waals surface area contributed by atoms with Gasteiger partial charge in [-0.3, -0.25) is 4.79 Å². The Bertz CT molecular complexity index is 1050. The summed E-state index contributed by atoms with van der Waals surface area (Å²) in [6, 6.07) is 12.2. The maximum Gasteiger partial charge on any atom is 0.337 e. The first kappa shape index (κ1) is 21.7. The zero-order chi connectivity index (χ0) is 21.7. The highest BCUT2D eigenvalue weighted by Gasteiger charge is 2.39. The van der Waals surface area contributed by atoms with Crippen LogP contribution in [0.3, 0.4) is 0 Å². The van der Waals surface area contributed by atoms with E-state index in [1.165, 1.54) is 17.6 Å². The van der Waals surface area contributed by atoms with E-state index in [4.69, 9.17) is 0 Å². The number of amides is 1. The van der Waals surface area contributed by atoms with E-state index in [0.717, 1.165) is 5.56 Å². The van der Waals surface area contributed by atoms with E-state index in [9.17, 15) is 18.0 Å². The summed E-state index contributed by atoms with van der Waals surface area (Å²) in [4.78, 5) is 24.2. The Hall–Kier alpha value is -3.04. The third kappa shape index (κ3) is 4.74. The maximum absolute atomic E-state index is 12.9. The molecule has 2 aromatic rings. The molecule has 1 atom stereocenters. The Kier molecular flexibility index (Phi) is 6.63. The van der Waals surface area contributed by atoms with Gasteiger partial charge >= 0.3 is 5.97 Å². The van der Waals surface area contributed by atoms with Crippen molar-refractivity contribution in [2.45, 2.75) is 30.7 Å². The predicted octanol–water partition coefficient (Wildman–Crippen LogP) is 2.09. The minimum atomic E-state index is -3.77. The number of rotatable bonds is 6. The highest BCUT2D eigenvalue weighted by molar-refractivity contribution is 7.89. The third-order valence-electron chi connectivity index (χ3n) is 4.85. The molecule has 1 fully saturated rings. The molecular formula is C21H23N3O5S. The molecule has 1 amide bonds. The fraction of sp³-hybridized carbons (Fsp3) is 0.286. The number of benzene rings is 2. The van der Waals surface area contributed by atoms with Gasteiger partial charge in [0.2, 0.25) is 10.0 Å². The van der Waals surface area contributed by atoms with Crippen LogP contribution in [0.1, 0.15) is 34.3 Å². The molecule has 0 radical (unpaired) electrons. The average Bonchev–Trinajstić information content (AvgIpc) is 3.25. The second-order valence-corrected chi connectivity index (χ2v) is 8.83. The van der Waals surface area contributed by atoms with Gasteiger partial charge in [0.1, 0.15) is 6.04 Å². The van der Waals surface area contributed by atoms with Gasteiger partial charge in [-0.05, 0) is 49.6 Å². The Morgan fingerprint density at radius 3 is 2.43 bits per heavy atom. The average molecular weight is 429 g/mol. The molecule has 1 N–H and O–H groups in total. The van der Waals surface area contributed by atoms with Gasteiger partial charge in [0.05, 0.1) is 23.8 Å². The lowest BCUT2D eigenvalue weighted by Gasteiger charge is -2.22. The van der Waals surface area contributed by atoms with Crippen molar-refractivity contribution >= 4 is 28.1 Å². The highest BCUT2D eigenvalue weighted by atomic mass is 32.2. The lowest BCUT2D eigenvalue weighted by molar-refractivity contribution is -0.124. The number of aryl methyl sites for hydroxylation is 1. The van der Waals surface area contributed by atoms with Crippen LogP contribution in [0.2, 0.25) is 0 Å². The number of esters is 1. The first-order chi connectivity index (χ1) is 14.3. The van der Waals surface area contributed by atoms with Crippen molar-refractivity contribution in [3.8, 4) is 0 Å². The molecule has 3 rings (SSSR count). The van der Waals surface area contributed by atoms with Gasteiger partial charge in [-0.1, -0.05) is 29.8 Å². The quantitative estimate of drug-likeness (QED) is 0.430. The van der Waals surface area contributed by atoms with Gasteiger partial charge in [-0.2, -0.15) is 9.41 Å². The van der Waals surface area contributed by atoms with Crippen molar-refractivity contribution in [2.24, 2.45) is 5.10 Å². The highest BCUT2D eigenvalue weighted by Crippen LogP contribution is 2.26. The first-order valence-corrected chi connectivity index (χ1v) is 10.9. The monoisotopic (exact) mass is 429 g/mol. The number of carbonyl (C=O) groups excluding carboxylic acids is 2. The van der Waals surface area contributed by atoms with Crippen LogP contribution in [-0.2, 0) is 19.6 Å². The molecule has 158 valence electrons. The standard InChI is InChI=1S/C21H23N3O5S/c1-15-5-11-18(12-6-15)30(27,28)24-13-3-4-19(24)20(25)23-22-14-16-7-9-17(10-8-16)21(26)29-2/h5-12,14,19H,3-4,13H2,1-2H3,(H,23,25)/b22-14-/t19-/m1/s1. The van der Waals surface area contributed by atoms with Gasteiger partial charge in [0.15, 0.2) is 0 Å². The van der Waals surface area contributed by atoms with Crippen LogP contribution in [0, 0.1) is 6.92 Å². The predicted molar refractivity (Wildman–Crippen MR) is 112 cm³/mol. The summed E-state index contributed by atoms with van der Waals surface area (Å²) >= 11 is 0. The van der Waals surface area contributed by atoms with Gasteiger partial charge in [-0.25, -0.2) is 18.6 Å². The lowest BCUT2D eigenvalue weighted by atomic mass is 10.1. The van der Waals surface area contributed by atoms with Gasteiger partial charge in [0.25, 0.3) is 5.91 Å². The lowest BCUT2D eigenvalue weighted by Crippen LogP contribution is -2.44. The Labute approximate surface area is 175 Å². The van der Waals surface area contributed by atoms with E-state index in [0.29, 0.717) is 24.0 Å². The summed E-state index contributed by atoms with van der Waals surface area (Å²) in [6.07, 6.45) is 2.45. The van der Waals surface area contributed by atoms with Crippen molar-refractivity contribution in [1.29, 1.82) is 0 Å². The van der Waals surface area contributed by atoms with E-state index in [2.05, 4.69) is 15.3 Å². The van der Waals surface area contributed by atoms with Gasteiger partial charge in [-0.15, -0.1) is 0 Å². The van der Waals surface area contributed by atoms with E-state index in [1.807, 2.05) is 6.92 Å². The molecule has 1 heterocycles. The molecule has 0 spiro atoms. The van der Waals surface area contributed by atoms with Crippen molar-refractivity contribution < 1.29 is 22.7 Å². The Morgan fingerprint density at radius 2 is 1.80 bits per heavy atom. The smallest absolute Gasteiger partial charge is 0.337 e. The maximum atomic E-state index is 12.9. The molecule has 0 saturated carbocycles. The van der Waals surface area contributed by atoms with Crippen LogP contribution in [-0.4, -0.2) is 50.5 Å². The van der Waals surface area contributed by atoms with E-state index < -0.39 is 27.9 Å². The van der Waals surface area contributed by atoms with E-state index in [1.54, 1.807) is 48.5 Å². The number of nitrogens with zero attached hydrogens (tertiary/aromatic N) is 2. The van der Waals surface area contributed by atoms with Crippen molar-refractivity contribution in [2.75, 3.05) is 13.7 Å². The summed E-state index contributed by atoms with van der Waals surface area (Å²) < 4.78 is 31.7. The number of sulfonamides is 1. The number of nitrogens with one attached hydrogen (secondary N) is 1. The number of methoxy groups -OCH3 is 1. The molecule has 1 aliphatic heterocycles. The Balaban J connectivity index is 1.66. The second kappa shape index (κ2) is 9.19. The molecule has 2 aromatic carbocycles. The largest absolute Gasteiger partial charge is 0.465 e. The van der Waals surface area contributed by atoms with E-state index in [-0.39, 0.29) is 11.4 Å². The number of hydrogen-bond acceptors (Lipinski definition) is 6. The second-order valence-electron chi connectivity index (χ2n) is 6.93. The molecule has 0 aliphatic carbocycles. The van der Waals surface area contributed by atoms with Crippen LogP contribution < -0.4 is 5.43 Å². The molecule has 30 heavy (non-hydrogen) atoms. The van der Waals surface area contributed by atoms with Crippen LogP contribution >= 0.6 is 0 Å². The fourth-order valence-corrected chi connectivity index (χ4v) is 4.86. The molecule has 0 unspecified atom stereocenters. The number of hydrazone groups is 1. The van der Waals surface area contributed by atoms with Crippen molar-refractivity contribution in [3.63, 3.8) is 0 Å². The molecule has 1 saturated heterocycles. The van der Waals surface area contributed by atoms with Crippen LogP contribution in [0.5, 0.6) is 0 Å². The molecule has 9 heteroatoms. The Morgan fingerprint density at radius 1 is 1.13 bits per heavy atom. The van der Waals surface area contributed by atoms with Crippen LogP contribution in [0.15, 0.2) is 58.5 Å². The van der Waals surface area contributed by atoms with Gasteiger partial charge in [0, 0.05) is 6.54 Å². The minimum Gasteiger partial charge on any atom is -0.465 e. The summed E-state index contributed by atoms with van der Waals surface area (Å²) in [6.45, 7) is 2.16. The van der Waals surface area contributed by atoms with Crippen molar-refractivity contribution in [3.05, 3.63) is 65.2 Å². The SMILES string of the molecule is COC(=O)c1ccc(/C=N\NC(=O)[C@H]2CCCN2S(=O)(=O)c2ccc(C)cc2)cc1. The molecule has 0 aromatic heterocycles.